The van der Waals surface area contributed by atoms with Gasteiger partial charge in [-0.1, -0.05) is 24.3 Å². The molecule has 0 saturated carbocycles. The number of carbonyl (C=O) groups excluding carboxylic acids is 1. The number of hydrogen-bond donors (Lipinski definition) is 1. The Kier molecular flexibility index (Phi) is 5.59. The molecule has 8 heteroatoms. The highest BCUT2D eigenvalue weighted by atomic mass is 16.6. The minimum absolute atomic E-state index is 0.0970. The Morgan fingerprint density at radius 3 is 2.73 bits per heavy atom. The lowest BCUT2D eigenvalue weighted by atomic mass is 10.1. The normalized spacial score (nSPS) is 16.4. The van der Waals surface area contributed by atoms with E-state index in [1.165, 1.54) is 0 Å². The Balaban J connectivity index is 1.54. The largest absolute Gasteiger partial charge is 0.447 e. The fourth-order valence-corrected chi connectivity index (χ4v) is 3.74. The minimum Gasteiger partial charge on any atom is -0.447 e. The molecule has 0 bridgehead atoms. The van der Waals surface area contributed by atoms with Crippen LogP contribution in [-0.2, 0) is 11.3 Å². The maximum atomic E-state index is 12.2. The summed E-state index contributed by atoms with van der Waals surface area (Å²) < 4.78 is 7.20. The standard InChI is InChI=1S/C22H28N6O2/c1-15(2)30-22(29)26(3)18-10-11-27(14-18)21-9-8-20-24-13-19(28(20)25-21)17-6-4-16(12-23)5-7-17/h4-9,13,15,18H,10-12,14,23H2,1-3H3/t18-/m0/s1. The molecule has 2 N–H and O–H groups in total. The molecule has 1 saturated heterocycles. The van der Waals surface area contributed by atoms with Crippen molar-refractivity contribution in [3.63, 3.8) is 0 Å². The molecule has 1 aliphatic rings. The molecule has 2 aromatic heterocycles. The fourth-order valence-electron chi connectivity index (χ4n) is 3.74. The van der Waals surface area contributed by atoms with Crippen LogP contribution in [0.5, 0.6) is 0 Å². The van der Waals surface area contributed by atoms with Crippen LogP contribution in [0.2, 0.25) is 0 Å². The van der Waals surface area contributed by atoms with Crippen LogP contribution in [0.25, 0.3) is 16.9 Å². The van der Waals surface area contributed by atoms with Crippen LogP contribution in [0.4, 0.5) is 10.6 Å². The number of fused-ring (bicyclic) bond motifs is 1. The summed E-state index contributed by atoms with van der Waals surface area (Å²) in [4.78, 5) is 20.6. The molecule has 8 nitrogen and oxygen atoms in total. The van der Waals surface area contributed by atoms with Gasteiger partial charge in [-0.05, 0) is 38.0 Å². The van der Waals surface area contributed by atoms with E-state index in [1.54, 1.807) is 11.9 Å². The van der Waals surface area contributed by atoms with E-state index in [9.17, 15) is 4.79 Å². The summed E-state index contributed by atoms with van der Waals surface area (Å²) in [5.74, 6) is 0.869. The second-order valence-electron chi connectivity index (χ2n) is 7.94. The number of amides is 1. The number of rotatable bonds is 5. The number of hydrogen-bond acceptors (Lipinski definition) is 6. The average molecular weight is 409 g/mol. The van der Waals surface area contributed by atoms with Gasteiger partial charge in [0.1, 0.15) is 5.82 Å². The maximum absolute atomic E-state index is 12.2. The van der Waals surface area contributed by atoms with Crippen LogP contribution in [-0.4, -0.2) is 57.9 Å². The van der Waals surface area contributed by atoms with Gasteiger partial charge in [0.2, 0.25) is 0 Å². The molecule has 0 unspecified atom stereocenters. The molecule has 1 atom stereocenters. The molecule has 0 radical (unpaired) electrons. The molecule has 0 aliphatic carbocycles. The smallest absolute Gasteiger partial charge is 0.410 e. The number of nitrogens with two attached hydrogens (primary N) is 1. The summed E-state index contributed by atoms with van der Waals surface area (Å²) >= 11 is 0. The fraction of sp³-hybridized carbons (Fsp3) is 0.409. The van der Waals surface area contributed by atoms with E-state index < -0.39 is 0 Å². The van der Waals surface area contributed by atoms with Gasteiger partial charge >= 0.3 is 6.09 Å². The molecule has 1 fully saturated rings. The first kappa shape index (κ1) is 20.2. The lowest BCUT2D eigenvalue weighted by Crippen LogP contribution is -2.40. The van der Waals surface area contributed by atoms with E-state index in [4.69, 9.17) is 15.6 Å². The second-order valence-corrected chi connectivity index (χ2v) is 7.94. The first-order chi connectivity index (χ1) is 14.5. The van der Waals surface area contributed by atoms with E-state index in [2.05, 4.69) is 9.88 Å². The van der Waals surface area contributed by atoms with Crippen molar-refractivity contribution in [3.8, 4) is 11.3 Å². The Labute approximate surface area is 176 Å². The van der Waals surface area contributed by atoms with Crippen molar-refractivity contribution >= 4 is 17.6 Å². The van der Waals surface area contributed by atoms with Crippen molar-refractivity contribution in [2.24, 2.45) is 5.73 Å². The summed E-state index contributed by atoms with van der Waals surface area (Å²) in [6.07, 6.45) is 2.31. The second kappa shape index (κ2) is 8.31. The van der Waals surface area contributed by atoms with Crippen LogP contribution in [0, 0.1) is 0 Å². The van der Waals surface area contributed by atoms with Gasteiger partial charge < -0.3 is 20.3 Å². The van der Waals surface area contributed by atoms with E-state index in [0.717, 1.165) is 47.8 Å². The monoisotopic (exact) mass is 408 g/mol. The van der Waals surface area contributed by atoms with Gasteiger partial charge in [0.25, 0.3) is 0 Å². The predicted octanol–water partition coefficient (Wildman–Crippen LogP) is 2.91. The van der Waals surface area contributed by atoms with Crippen LogP contribution >= 0.6 is 0 Å². The van der Waals surface area contributed by atoms with Gasteiger partial charge in [0.15, 0.2) is 5.65 Å². The molecule has 3 aromatic rings. The molecule has 1 aromatic carbocycles. The number of aromatic nitrogens is 3. The zero-order valence-electron chi connectivity index (χ0n) is 17.7. The van der Waals surface area contributed by atoms with Crippen molar-refractivity contribution < 1.29 is 9.53 Å². The van der Waals surface area contributed by atoms with Crippen LogP contribution in [0.3, 0.4) is 0 Å². The highest BCUT2D eigenvalue weighted by Crippen LogP contribution is 2.25. The van der Waals surface area contributed by atoms with E-state index >= 15 is 0 Å². The Bertz CT molecular complexity index is 1030. The molecule has 3 heterocycles. The van der Waals surface area contributed by atoms with Crippen molar-refractivity contribution in [3.05, 3.63) is 48.2 Å². The van der Waals surface area contributed by atoms with Crippen LogP contribution in [0.1, 0.15) is 25.8 Å². The SMILES string of the molecule is CC(C)OC(=O)N(C)[C@H]1CCN(c2ccc3ncc(-c4ccc(CN)cc4)n3n2)C1. The van der Waals surface area contributed by atoms with E-state index in [0.29, 0.717) is 6.54 Å². The van der Waals surface area contributed by atoms with Gasteiger partial charge in [0.05, 0.1) is 24.0 Å². The first-order valence-electron chi connectivity index (χ1n) is 10.3. The summed E-state index contributed by atoms with van der Waals surface area (Å²) in [6, 6.07) is 12.2. The molecule has 1 amide bonds. The average Bonchev–Trinajstić information content (AvgIpc) is 3.39. The number of carbonyl (C=O) groups is 1. The Morgan fingerprint density at radius 2 is 2.03 bits per heavy atom. The number of nitrogens with zero attached hydrogens (tertiary/aromatic N) is 5. The molecule has 4 rings (SSSR count). The third kappa shape index (κ3) is 3.95. The highest BCUT2D eigenvalue weighted by Gasteiger charge is 2.30. The van der Waals surface area contributed by atoms with E-state index in [1.807, 2.05) is 61.0 Å². The zero-order chi connectivity index (χ0) is 21.3. The molecule has 30 heavy (non-hydrogen) atoms. The summed E-state index contributed by atoms with van der Waals surface area (Å²) in [6.45, 7) is 5.79. The molecule has 0 spiro atoms. The van der Waals surface area contributed by atoms with Crippen molar-refractivity contribution in [1.29, 1.82) is 0 Å². The highest BCUT2D eigenvalue weighted by molar-refractivity contribution is 5.68. The molecular formula is C22H28N6O2. The Hall–Kier alpha value is -3.13. The lowest BCUT2D eigenvalue weighted by molar-refractivity contribution is 0.0748. The van der Waals surface area contributed by atoms with Crippen LogP contribution in [0.15, 0.2) is 42.6 Å². The summed E-state index contributed by atoms with van der Waals surface area (Å²) in [5, 5.41) is 4.84. The third-order valence-corrected chi connectivity index (χ3v) is 5.49. The lowest BCUT2D eigenvalue weighted by Gasteiger charge is -2.25. The van der Waals surface area contributed by atoms with Gasteiger partial charge in [0, 0.05) is 32.2 Å². The summed E-state index contributed by atoms with van der Waals surface area (Å²) in [5.41, 5.74) is 9.56. The number of anilines is 1. The van der Waals surface area contributed by atoms with E-state index in [-0.39, 0.29) is 18.2 Å². The van der Waals surface area contributed by atoms with Crippen molar-refractivity contribution in [2.45, 2.75) is 39.0 Å². The first-order valence-corrected chi connectivity index (χ1v) is 10.3. The topological polar surface area (TPSA) is 89.0 Å². The van der Waals surface area contributed by atoms with Crippen molar-refractivity contribution in [2.75, 3.05) is 25.0 Å². The number of likely N-dealkylation sites (N-methyl/N-ethyl adjacent to an activating group) is 1. The molecule has 158 valence electrons. The quantitative estimate of drug-likeness (QED) is 0.698. The van der Waals surface area contributed by atoms with Gasteiger partial charge in [-0.25, -0.2) is 14.3 Å². The predicted molar refractivity (Wildman–Crippen MR) is 116 cm³/mol. The summed E-state index contributed by atoms with van der Waals surface area (Å²) in [7, 11) is 1.80. The molecular weight excluding hydrogens is 380 g/mol. The number of benzene rings is 1. The maximum Gasteiger partial charge on any atom is 0.410 e. The number of imidazole rings is 1. The van der Waals surface area contributed by atoms with Crippen molar-refractivity contribution in [1.82, 2.24) is 19.5 Å². The van der Waals surface area contributed by atoms with Gasteiger partial charge in [-0.15, -0.1) is 5.10 Å². The number of ether oxygens (including phenoxy) is 1. The minimum atomic E-state index is -0.280. The van der Waals surface area contributed by atoms with Gasteiger partial charge in [-0.2, -0.15) is 0 Å². The van der Waals surface area contributed by atoms with Crippen LogP contribution < -0.4 is 10.6 Å². The third-order valence-electron chi connectivity index (χ3n) is 5.49. The Morgan fingerprint density at radius 1 is 1.27 bits per heavy atom. The molecule has 1 aliphatic heterocycles. The van der Waals surface area contributed by atoms with Gasteiger partial charge in [-0.3, -0.25) is 0 Å². The zero-order valence-corrected chi connectivity index (χ0v) is 17.7.